The first-order chi connectivity index (χ1) is 17.3. The fraction of sp³-hybridized carbons (Fsp3) is 0.364. The second-order valence-electron chi connectivity index (χ2n) is 10.8. The van der Waals surface area contributed by atoms with Gasteiger partial charge in [-0.25, -0.2) is 0 Å². The molecule has 0 saturated carbocycles. The molecule has 186 valence electrons. The maximum Gasteiger partial charge on any atom is 0.0705 e. The van der Waals surface area contributed by atoms with Gasteiger partial charge in [0.05, 0.1) is 5.69 Å². The number of aromatic nitrogens is 1. The van der Waals surface area contributed by atoms with Crippen LogP contribution in [-0.4, -0.2) is 41.0 Å². The predicted molar refractivity (Wildman–Crippen MR) is 153 cm³/mol. The lowest BCUT2D eigenvalue weighted by Crippen LogP contribution is -2.45. The summed E-state index contributed by atoms with van der Waals surface area (Å²) in [6, 6.07) is 18.4. The molecular formula is C33H39N3. The molecule has 3 nitrogen and oxygen atoms in total. The van der Waals surface area contributed by atoms with Gasteiger partial charge < -0.3 is 0 Å². The number of hydrogen-bond donors (Lipinski definition) is 0. The van der Waals surface area contributed by atoms with Gasteiger partial charge >= 0.3 is 0 Å². The van der Waals surface area contributed by atoms with Gasteiger partial charge in [0.25, 0.3) is 0 Å². The predicted octanol–water partition coefficient (Wildman–Crippen LogP) is 7.07. The number of nitrogens with zero attached hydrogens (tertiary/aromatic N) is 3. The Morgan fingerprint density at radius 1 is 0.611 bits per heavy atom. The van der Waals surface area contributed by atoms with E-state index < -0.39 is 0 Å². The van der Waals surface area contributed by atoms with Crippen LogP contribution < -0.4 is 0 Å². The van der Waals surface area contributed by atoms with Gasteiger partial charge in [-0.05, 0) is 127 Å². The smallest absolute Gasteiger partial charge is 0.0705 e. The van der Waals surface area contributed by atoms with E-state index in [2.05, 4.69) is 105 Å². The molecule has 1 aliphatic heterocycles. The SMILES string of the molecule is Cc1cc(-c2cc(CN3CCN(Cc4ccc5c(C)c(C)c(C)cc5c4)CC3)ccn2)cc(C)c1C. The first-order valence-corrected chi connectivity index (χ1v) is 13.3. The fourth-order valence-corrected chi connectivity index (χ4v) is 5.55. The molecule has 36 heavy (non-hydrogen) atoms. The van der Waals surface area contributed by atoms with Crippen molar-refractivity contribution in [2.45, 2.75) is 54.6 Å². The van der Waals surface area contributed by atoms with Crippen LogP contribution in [0.25, 0.3) is 22.0 Å². The number of rotatable bonds is 5. The van der Waals surface area contributed by atoms with Crippen LogP contribution in [0, 0.1) is 41.5 Å². The average molecular weight is 478 g/mol. The molecule has 0 N–H and O–H groups in total. The summed E-state index contributed by atoms with van der Waals surface area (Å²) in [7, 11) is 0. The third-order valence-corrected chi connectivity index (χ3v) is 8.37. The zero-order valence-corrected chi connectivity index (χ0v) is 22.8. The molecule has 1 aromatic heterocycles. The van der Waals surface area contributed by atoms with Gasteiger partial charge in [0.1, 0.15) is 0 Å². The maximum atomic E-state index is 4.68. The molecule has 3 heteroatoms. The van der Waals surface area contributed by atoms with Crippen molar-refractivity contribution in [3.63, 3.8) is 0 Å². The normalized spacial score (nSPS) is 15.1. The second-order valence-corrected chi connectivity index (χ2v) is 10.8. The Bertz CT molecular complexity index is 1390. The highest BCUT2D eigenvalue weighted by atomic mass is 15.3. The van der Waals surface area contributed by atoms with E-state index in [1.54, 1.807) is 0 Å². The molecule has 0 spiro atoms. The Labute approximate surface area is 216 Å². The van der Waals surface area contributed by atoms with Crippen LogP contribution in [-0.2, 0) is 13.1 Å². The summed E-state index contributed by atoms with van der Waals surface area (Å²) in [5.41, 5.74) is 13.3. The Hall–Kier alpha value is -3.01. The van der Waals surface area contributed by atoms with Crippen LogP contribution in [0.4, 0.5) is 0 Å². The van der Waals surface area contributed by atoms with Crippen molar-refractivity contribution in [1.29, 1.82) is 0 Å². The summed E-state index contributed by atoms with van der Waals surface area (Å²) >= 11 is 0. The lowest BCUT2D eigenvalue weighted by Gasteiger charge is -2.34. The topological polar surface area (TPSA) is 19.4 Å². The van der Waals surface area contributed by atoms with Crippen molar-refractivity contribution < 1.29 is 0 Å². The number of pyridine rings is 1. The Morgan fingerprint density at radius 2 is 1.19 bits per heavy atom. The highest BCUT2D eigenvalue weighted by Gasteiger charge is 2.18. The number of fused-ring (bicyclic) bond motifs is 1. The third kappa shape index (κ3) is 5.09. The van der Waals surface area contributed by atoms with E-state index in [0.29, 0.717) is 0 Å². The zero-order chi connectivity index (χ0) is 25.4. The van der Waals surface area contributed by atoms with Gasteiger partial charge in [0.15, 0.2) is 0 Å². The largest absolute Gasteiger partial charge is 0.297 e. The minimum absolute atomic E-state index is 0.987. The molecule has 4 aromatic rings. The number of hydrogen-bond acceptors (Lipinski definition) is 3. The highest BCUT2D eigenvalue weighted by Crippen LogP contribution is 2.27. The number of aryl methyl sites for hydroxylation is 4. The Balaban J connectivity index is 1.21. The summed E-state index contributed by atoms with van der Waals surface area (Å²) in [5.74, 6) is 0. The van der Waals surface area contributed by atoms with Crippen molar-refractivity contribution in [1.82, 2.24) is 14.8 Å². The number of benzene rings is 3. The lowest BCUT2D eigenvalue weighted by atomic mass is 9.95. The van der Waals surface area contributed by atoms with E-state index in [-0.39, 0.29) is 0 Å². The minimum atomic E-state index is 0.987. The summed E-state index contributed by atoms with van der Waals surface area (Å²) in [6.45, 7) is 19.7. The van der Waals surface area contributed by atoms with E-state index in [9.17, 15) is 0 Å². The van der Waals surface area contributed by atoms with Crippen molar-refractivity contribution in [2.75, 3.05) is 26.2 Å². The molecule has 0 bridgehead atoms. The second kappa shape index (κ2) is 10.2. The van der Waals surface area contributed by atoms with E-state index >= 15 is 0 Å². The highest BCUT2D eigenvalue weighted by molar-refractivity contribution is 5.88. The van der Waals surface area contributed by atoms with Crippen LogP contribution >= 0.6 is 0 Å². The van der Waals surface area contributed by atoms with Gasteiger partial charge in [0.2, 0.25) is 0 Å². The summed E-state index contributed by atoms with van der Waals surface area (Å²) in [6.07, 6.45) is 1.97. The van der Waals surface area contributed by atoms with Gasteiger partial charge in [-0.15, -0.1) is 0 Å². The van der Waals surface area contributed by atoms with Gasteiger partial charge in [0, 0.05) is 51.0 Å². The minimum Gasteiger partial charge on any atom is -0.297 e. The Kier molecular flexibility index (Phi) is 6.96. The van der Waals surface area contributed by atoms with E-state index in [4.69, 9.17) is 0 Å². The molecule has 5 rings (SSSR count). The van der Waals surface area contributed by atoms with Gasteiger partial charge in [-0.1, -0.05) is 18.2 Å². The molecule has 0 unspecified atom stereocenters. The first-order valence-electron chi connectivity index (χ1n) is 13.3. The summed E-state index contributed by atoms with van der Waals surface area (Å²) in [4.78, 5) is 9.86. The molecule has 1 saturated heterocycles. The summed E-state index contributed by atoms with van der Waals surface area (Å²) < 4.78 is 0. The fourth-order valence-electron chi connectivity index (χ4n) is 5.55. The molecular weight excluding hydrogens is 438 g/mol. The zero-order valence-electron chi connectivity index (χ0n) is 22.8. The molecule has 0 radical (unpaired) electrons. The first kappa shape index (κ1) is 24.7. The summed E-state index contributed by atoms with van der Waals surface area (Å²) in [5, 5.41) is 2.76. The van der Waals surface area contributed by atoms with E-state index in [1.807, 2.05) is 6.20 Å². The van der Waals surface area contributed by atoms with Crippen LogP contribution in [0.15, 0.2) is 54.7 Å². The third-order valence-electron chi connectivity index (χ3n) is 8.37. The van der Waals surface area contributed by atoms with Crippen LogP contribution in [0.3, 0.4) is 0 Å². The Morgan fingerprint density at radius 3 is 1.83 bits per heavy atom. The number of piperazine rings is 1. The van der Waals surface area contributed by atoms with Gasteiger partial charge in [-0.3, -0.25) is 14.8 Å². The molecule has 1 fully saturated rings. The molecule has 0 atom stereocenters. The van der Waals surface area contributed by atoms with Crippen molar-refractivity contribution in [3.8, 4) is 11.3 Å². The lowest BCUT2D eigenvalue weighted by molar-refractivity contribution is 0.122. The molecule has 0 amide bonds. The monoisotopic (exact) mass is 477 g/mol. The molecule has 0 aliphatic carbocycles. The van der Waals surface area contributed by atoms with Gasteiger partial charge in [-0.2, -0.15) is 0 Å². The molecule has 1 aliphatic rings. The van der Waals surface area contributed by atoms with E-state index in [1.165, 1.54) is 60.8 Å². The molecule has 3 aromatic carbocycles. The van der Waals surface area contributed by atoms with E-state index in [0.717, 1.165) is 45.0 Å². The van der Waals surface area contributed by atoms with Crippen molar-refractivity contribution in [3.05, 3.63) is 99.2 Å². The maximum absolute atomic E-state index is 4.68. The quantitative estimate of drug-likeness (QED) is 0.306. The average Bonchev–Trinajstić information content (AvgIpc) is 2.87. The standard InChI is InChI=1S/C33H39N3/c1-22-16-31(17-23(2)25(22)4)33-19-29(9-10-34-33)21-36-13-11-35(12-14-36)20-28-7-8-32-27(6)26(5)24(3)15-30(32)18-28/h7-10,15-19H,11-14,20-21H2,1-6H3. The van der Waals surface area contributed by atoms with Crippen LogP contribution in [0.1, 0.15) is 44.5 Å². The van der Waals surface area contributed by atoms with Crippen molar-refractivity contribution >= 4 is 10.8 Å². The molecule has 2 heterocycles. The van der Waals surface area contributed by atoms with Crippen molar-refractivity contribution in [2.24, 2.45) is 0 Å². The van der Waals surface area contributed by atoms with Crippen LogP contribution in [0.2, 0.25) is 0 Å². The van der Waals surface area contributed by atoms with Crippen LogP contribution in [0.5, 0.6) is 0 Å².